The van der Waals surface area contributed by atoms with Crippen LogP contribution in [0.2, 0.25) is 0 Å². The van der Waals surface area contributed by atoms with Crippen molar-refractivity contribution >= 4 is 29.9 Å². The van der Waals surface area contributed by atoms with Gasteiger partial charge in [-0.3, -0.25) is 4.99 Å². The molecule has 0 radical (unpaired) electrons. The third-order valence-corrected chi connectivity index (χ3v) is 7.43. The zero-order valence-electron chi connectivity index (χ0n) is 18.3. The van der Waals surface area contributed by atoms with Crippen LogP contribution in [0.4, 0.5) is 0 Å². The fourth-order valence-corrected chi connectivity index (χ4v) is 5.41. The van der Waals surface area contributed by atoms with Crippen LogP contribution in [0.25, 0.3) is 0 Å². The van der Waals surface area contributed by atoms with Crippen LogP contribution in [0.5, 0.6) is 0 Å². The fraction of sp³-hybridized carbons (Fsp3) is 0.952. The summed E-state index contributed by atoms with van der Waals surface area (Å²) in [5.74, 6) is 0.938. The number of rotatable bonds is 6. The summed E-state index contributed by atoms with van der Waals surface area (Å²) in [5, 5.41) is 7.39. The Morgan fingerprint density at radius 1 is 1.14 bits per heavy atom. The summed E-state index contributed by atoms with van der Waals surface area (Å²) in [6.45, 7) is 5.52. The van der Waals surface area contributed by atoms with E-state index in [2.05, 4.69) is 41.5 Å². The molecule has 28 heavy (non-hydrogen) atoms. The maximum atomic E-state index is 6.10. The molecule has 1 spiro atoms. The molecule has 3 rings (SSSR count). The predicted molar refractivity (Wildman–Crippen MR) is 126 cm³/mol. The first kappa shape index (κ1) is 24.2. The number of aliphatic imine (C=N–C) groups is 1. The van der Waals surface area contributed by atoms with E-state index in [-0.39, 0.29) is 29.5 Å². The molecule has 2 aliphatic carbocycles. The van der Waals surface area contributed by atoms with Gasteiger partial charge in [0.1, 0.15) is 0 Å². The normalized spacial score (nSPS) is 29.1. The fourth-order valence-electron chi connectivity index (χ4n) is 5.41. The lowest BCUT2D eigenvalue weighted by molar-refractivity contribution is -0.145. The highest BCUT2D eigenvalue weighted by Gasteiger charge is 2.56. The van der Waals surface area contributed by atoms with Gasteiger partial charge in [0.2, 0.25) is 0 Å². The molecule has 0 amide bonds. The number of hydrogen-bond donors (Lipinski definition) is 2. The standard InChI is InChI=1S/C21H40N4O2.HI/c1-5-27-18-15-17(21(18)9-7-6-8-10-21)24-19(22-2)23-16-20(25(3)4)11-13-26-14-12-20;/h17-18H,5-16H2,1-4H3,(H2,22,23,24);1H. The van der Waals surface area contributed by atoms with E-state index in [4.69, 9.17) is 9.47 Å². The molecule has 1 aliphatic heterocycles. The average Bonchev–Trinajstić information content (AvgIpc) is 2.70. The first-order valence-corrected chi connectivity index (χ1v) is 10.9. The number of hydrogen-bond acceptors (Lipinski definition) is 4. The molecule has 1 heterocycles. The summed E-state index contributed by atoms with van der Waals surface area (Å²) in [6, 6.07) is 0.477. The lowest BCUT2D eigenvalue weighted by Gasteiger charge is -2.58. The second kappa shape index (κ2) is 10.8. The van der Waals surface area contributed by atoms with Crippen LogP contribution in [0, 0.1) is 5.41 Å². The van der Waals surface area contributed by atoms with E-state index in [9.17, 15) is 0 Å². The van der Waals surface area contributed by atoms with Gasteiger partial charge in [0.15, 0.2) is 5.96 Å². The minimum absolute atomic E-state index is 0. The third kappa shape index (κ3) is 4.95. The van der Waals surface area contributed by atoms with Gasteiger partial charge in [0.05, 0.1) is 6.10 Å². The second-order valence-corrected chi connectivity index (χ2v) is 8.83. The van der Waals surface area contributed by atoms with Gasteiger partial charge < -0.3 is 25.0 Å². The van der Waals surface area contributed by atoms with Gasteiger partial charge in [-0.05, 0) is 53.1 Å². The third-order valence-electron chi connectivity index (χ3n) is 7.43. The number of guanidine groups is 1. The Bertz CT molecular complexity index is 503. The molecule has 0 aromatic heterocycles. The van der Waals surface area contributed by atoms with Gasteiger partial charge in [-0.2, -0.15) is 0 Å². The SMILES string of the molecule is CCOC1CC(NC(=NC)NCC2(N(C)C)CCOCC2)C12CCCCC2.I. The van der Waals surface area contributed by atoms with Crippen molar-refractivity contribution in [2.24, 2.45) is 10.4 Å². The first-order valence-electron chi connectivity index (χ1n) is 10.9. The molecule has 0 aromatic rings. The first-order chi connectivity index (χ1) is 13.1. The molecule has 2 atom stereocenters. The van der Waals surface area contributed by atoms with E-state index in [1.165, 1.54) is 32.1 Å². The predicted octanol–water partition coefficient (Wildman–Crippen LogP) is 3.01. The topological polar surface area (TPSA) is 58.1 Å². The summed E-state index contributed by atoms with van der Waals surface area (Å²) in [5.41, 5.74) is 0.454. The maximum Gasteiger partial charge on any atom is 0.191 e. The van der Waals surface area contributed by atoms with Crippen LogP contribution in [0.15, 0.2) is 4.99 Å². The zero-order chi connectivity index (χ0) is 19.3. The molecule has 6 nitrogen and oxygen atoms in total. The van der Waals surface area contributed by atoms with E-state index in [1.54, 1.807) is 0 Å². The molecule has 1 saturated heterocycles. The van der Waals surface area contributed by atoms with Gasteiger partial charge in [-0.1, -0.05) is 19.3 Å². The summed E-state index contributed by atoms with van der Waals surface area (Å²) in [6.07, 6.45) is 10.2. The van der Waals surface area contributed by atoms with E-state index in [0.717, 1.165) is 51.6 Å². The lowest BCUT2D eigenvalue weighted by Crippen LogP contribution is -2.67. The van der Waals surface area contributed by atoms with Crippen molar-refractivity contribution in [3.8, 4) is 0 Å². The molecule has 3 fully saturated rings. The van der Waals surface area contributed by atoms with E-state index < -0.39 is 0 Å². The highest BCUT2D eigenvalue weighted by atomic mass is 127. The van der Waals surface area contributed by atoms with Crippen molar-refractivity contribution in [2.45, 2.75) is 76.0 Å². The van der Waals surface area contributed by atoms with Gasteiger partial charge >= 0.3 is 0 Å². The van der Waals surface area contributed by atoms with Gasteiger partial charge in [0.25, 0.3) is 0 Å². The van der Waals surface area contributed by atoms with E-state index >= 15 is 0 Å². The molecular formula is C21H41IN4O2. The average molecular weight is 508 g/mol. The Morgan fingerprint density at radius 3 is 2.39 bits per heavy atom. The zero-order valence-corrected chi connectivity index (χ0v) is 20.6. The monoisotopic (exact) mass is 508 g/mol. The van der Waals surface area contributed by atoms with Crippen molar-refractivity contribution in [3.05, 3.63) is 0 Å². The van der Waals surface area contributed by atoms with Crippen LogP contribution in [-0.4, -0.2) is 76.1 Å². The van der Waals surface area contributed by atoms with Crippen molar-refractivity contribution in [2.75, 3.05) is 47.5 Å². The molecule has 2 unspecified atom stereocenters. The summed E-state index contributed by atoms with van der Waals surface area (Å²) in [4.78, 5) is 6.89. The molecular weight excluding hydrogens is 467 g/mol. The number of nitrogens with zero attached hydrogens (tertiary/aromatic N) is 2. The Kier molecular flexibility index (Phi) is 9.29. The number of halogens is 1. The van der Waals surface area contributed by atoms with Gasteiger partial charge in [-0.25, -0.2) is 0 Å². The van der Waals surface area contributed by atoms with Crippen molar-refractivity contribution in [1.82, 2.24) is 15.5 Å². The molecule has 0 bridgehead atoms. The highest BCUT2D eigenvalue weighted by molar-refractivity contribution is 14.0. The Labute approximate surface area is 188 Å². The van der Waals surface area contributed by atoms with E-state index in [1.807, 2.05) is 7.05 Å². The van der Waals surface area contributed by atoms with E-state index in [0.29, 0.717) is 17.6 Å². The van der Waals surface area contributed by atoms with Gasteiger partial charge in [-0.15, -0.1) is 24.0 Å². The minimum Gasteiger partial charge on any atom is -0.381 e. The second-order valence-electron chi connectivity index (χ2n) is 8.83. The number of nitrogens with one attached hydrogen (secondary N) is 2. The largest absolute Gasteiger partial charge is 0.381 e. The summed E-state index contributed by atoms with van der Waals surface area (Å²) >= 11 is 0. The molecule has 164 valence electrons. The lowest BCUT2D eigenvalue weighted by atomic mass is 9.55. The van der Waals surface area contributed by atoms with Crippen molar-refractivity contribution in [1.29, 1.82) is 0 Å². The molecule has 2 N–H and O–H groups in total. The van der Waals surface area contributed by atoms with Crippen LogP contribution >= 0.6 is 24.0 Å². The van der Waals surface area contributed by atoms with Gasteiger partial charge in [0, 0.05) is 50.4 Å². The maximum absolute atomic E-state index is 6.10. The van der Waals surface area contributed by atoms with Crippen molar-refractivity contribution in [3.63, 3.8) is 0 Å². The minimum atomic E-state index is 0. The molecule has 3 aliphatic rings. The Balaban J connectivity index is 0.00000280. The summed E-state index contributed by atoms with van der Waals surface area (Å²) < 4.78 is 11.7. The Hall–Kier alpha value is -0.120. The van der Waals surface area contributed by atoms with Crippen molar-refractivity contribution < 1.29 is 9.47 Å². The molecule has 2 saturated carbocycles. The molecule has 0 aromatic carbocycles. The quantitative estimate of drug-likeness (QED) is 0.328. The smallest absolute Gasteiger partial charge is 0.191 e. The van der Waals surface area contributed by atoms with Crippen LogP contribution in [-0.2, 0) is 9.47 Å². The number of likely N-dealkylation sites (N-methyl/N-ethyl adjacent to an activating group) is 1. The highest BCUT2D eigenvalue weighted by Crippen LogP contribution is 2.53. The van der Waals surface area contributed by atoms with Crippen LogP contribution in [0.3, 0.4) is 0 Å². The number of ether oxygens (including phenoxy) is 2. The Morgan fingerprint density at radius 2 is 1.82 bits per heavy atom. The molecule has 7 heteroatoms. The van der Waals surface area contributed by atoms with Crippen LogP contribution in [0.1, 0.15) is 58.3 Å². The summed E-state index contributed by atoms with van der Waals surface area (Å²) in [7, 11) is 6.24. The van der Waals surface area contributed by atoms with Crippen LogP contribution < -0.4 is 10.6 Å².